The lowest BCUT2D eigenvalue weighted by atomic mass is 10.1. The van der Waals surface area contributed by atoms with E-state index in [1.54, 1.807) is 0 Å². The number of hydrogen-bond acceptors (Lipinski definition) is 3. The van der Waals surface area contributed by atoms with Crippen molar-refractivity contribution in [3.63, 3.8) is 0 Å². The van der Waals surface area contributed by atoms with Crippen molar-refractivity contribution < 1.29 is 13.9 Å². The summed E-state index contributed by atoms with van der Waals surface area (Å²) in [4.78, 5) is 16.1. The highest BCUT2D eigenvalue weighted by atomic mass is 19.1. The molecule has 3 nitrogen and oxygen atoms in total. The van der Waals surface area contributed by atoms with Crippen LogP contribution >= 0.6 is 0 Å². The summed E-state index contributed by atoms with van der Waals surface area (Å²) in [5.74, 6) is 0.00270. The number of carbonyl (C=O) groups is 1. The van der Waals surface area contributed by atoms with Gasteiger partial charge in [-0.1, -0.05) is 0 Å². The third-order valence-corrected chi connectivity index (χ3v) is 2.50. The molecule has 1 heterocycles. The van der Waals surface area contributed by atoms with Crippen LogP contribution in [0.2, 0.25) is 0 Å². The second-order valence-electron chi connectivity index (χ2n) is 4.71. The Morgan fingerprint density at radius 1 is 1.41 bits per heavy atom. The largest absolute Gasteiger partial charge is 0.478 e. The van der Waals surface area contributed by atoms with Crippen LogP contribution in [0.5, 0.6) is 0 Å². The quantitative estimate of drug-likeness (QED) is 0.755. The van der Waals surface area contributed by atoms with E-state index in [1.807, 2.05) is 13.8 Å². The van der Waals surface area contributed by atoms with Gasteiger partial charge in [0.15, 0.2) is 11.7 Å². The summed E-state index contributed by atoms with van der Waals surface area (Å²) < 4.78 is 18.0. The summed E-state index contributed by atoms with van der Waals surface area (Å²) in [6, 6.07) is 5.49. The summed E-state index contributed by atoms with van der Waals surface area (Å²) in [5, 5.41) is 0. The molecule has 1 aliphatic heterocycles. The molecule has 0 spiro atoms. The van der Waals surface area contributed by atoms with Gasteiger partial charge in [0.25, 0.3) is 0 Å². The van der Waals surface area contributed by atoms with Crippen molar-refractivity contribution in [2.45, 2.75) is 25.8 Å². The van der Waals surface area contributed by atoms with E-state index in [2.05, 4.69) is 4.99 Å². The predicted octanol–water partition coefficient (Wildman–Crippen LogP) is 2.61. The van der Waals surface area contributed by atoms with Crippen molar-refractivity contribution in [3.05, 3.63) is 35.6 Å². The van der Waals surface area contributed by atoms with Crippen molar-refractivity contribution in [1.82, 2.24) is 0 Å². The molecule has 0 saturated heterocycles. The number of rotatable bonds is 3. The van der Waals surface area contributed by atoms with E-state index in [9.17, 15) is 9.18 Å². The van der Waals surface area contributed by atoms with Crippen molar-refractivity contribution in [2.75, 3.05) is 6.61 Å². The van der Waals surface area contributed by atoms with Crippen LogP contribution in [0.4, 0.5) is 4.39 Å². The van der Waals surface area contributed by atoms with Crippen LogP contribution in [0.3, 0.4) is 0 Å². The number of aliphatic imine (C=N–C) groups is 1. The number of benzene rings is 1. The maximum Gasteiger partial charge on any atom is 0.191 e. The lowest BCUT2D eigenvalue weighted by molar-refractivity contribution is 0.0994. The fourth-order valence-corrected chi connectivity index (χ4v) is 1.63. The maximum atomic E-state index is 12.7. The van der Waals surface area contributed by atoms with E-state index in [-0.39, 0.29) is 23.6 Å². The van der Waals surface area contributed by atoms with Gasteiger partial charge in [-0.3, -0.25) is 4.79 Å². The Kier molecular flexibility index (Phi) is 2.96. The second-order valence-corrected chi connectivity index (χ2v) is 4.71. The molecule has 17 heavy (non-hydrogen) atoms. The van der Waals surface area contributed by atoms with Gasteiger partial charge >= 0.3 is 0 Å². The van der Waals surface area contributed by atoms with Gasteiger partial charge in [-0.15, -0.1) is 0 Å². The highest BCUT2D eigenvalue weighted by Gasteiger charge is 2.27. The van der Waals surface area contributed by atoms with Crippen LogP contribution in [0.1, 0.15) is 30.6 Å². The molecule has 4 heteroatoms. The molecule has 2 rings (SSSR count). The van der Waals surface area contributed by atoms with Crippen molar-refractivity contribution >= 4 is 11.7 Å². The predicted molar refractivity (Wildman–Crippen MR) is 62.8 cm³/mol. The zero-order valence-corrected chi connectivity index (χ0v) is 9.87. The van der Waals surface area contributed by atoms with E-state index in [0.717, 1.165) is 0 Å². The van der Waals surface area contributed by atoms with Gasteiger partial charge in [-0.25, -0.2) is 9.38 Å². The Morgan fingerprint density at radius 3 is 2.59 bits per heavy atom. The molecule has 90 valence electrons. The Morgan fingerprint density at radius 2 is 2.06 bits per heavy atom. The lowest BCUT2D eigenvalue weighted by Gasteiger charge is -2.07. The third kappa shape index (κ3) is 2.90. The fraction of sp³-hybridized carbons (Fsp3) is 0.385. The van der Waals surface area contributed by atoms with Crippen molar-refractivity contribution in [1.29, 1.82) is 0 Å². The van der Waals surface area contributed by atoms with Gasteiger partial charge in [-0.2, -0.15) is 0 Å². The number of halogens is 1. The first-order valence-electron chi connectivity index (χ1n) is 5.47. The molecule has 0 atom stereocenters. The van der Waals surface area contributed by atoms with E-state index in [4.69, 9.17) is 4.74 Å². The van der Waals surface area contributed by atoms with Crippen molar-refractivity contribution in [2.24, 2.45) is 4.99 Å². The molecular weight excluding hydrogens is 221 g/mol. The zero-order chi connectivity index (χ0) is 12.5. The van der Waals surface area contributed by atoms with Gasteiger partial charge in [0.05, 0.1) is 12.0 Å². The minimum Gasteiger partial charge on any atom is -0.478 e. The first-order valence-corrected chi connectivity index (χ1v) is 5.47. The molecule has 0 fully saturated rings. The Hall–Kier alpha value is -1.71. The molecular formula is C13H14FNO2. The number of carbonyl (C=O) groups excluding carboxylic acids is 1. The highest BCUT2D eigenvalue weighted by Crippen LogP contribution is 2.19. The normalized spacial score (nSPS) is 17.5. The third-order valence-electron chi connectivity index (χ3n) is 2.50. The van der Waals surface area contributed by atoms with Crippen LogP contribution in [-0.2, 0) is 4.74 Å². The van der Waals surface area contributed by atoms with Crippen LogP contribution in [0, 0.1) is 5.82 Å². The van der Waals surface area contributed by atoms with Crippen LogP contribution in [0.15, 0.2) is 29.3 Å². The van der Waals surface area contributed by atoms with E-state index in [1.165, 1.54) is 24.3 Å². The summed E-state index contributed by atoms with van der Waals surface area (Å²) >= 11 is 0. The Bertz CT molecular complexity index is 463. The number of hydrogen-bond donors (Lipinski definition) is 0. The Labute approximate surface area is 99.3 Å². The minimum absolute atomic E-state index is 0.110. The van der Waals surface area contributed by atoms with Crippen LogP contribution in [-0.4, -0.2) is 23.8 Å². The SMILES string of the molecule is CC1(C)COC(CC(=O)c2ccc(F)cc2)=N1. The molecule has 1 aromatic carbocycles. The van der Waals surface area contributed by atoms with E-state index >= 15 is 0 Å². The van der Waals surface area contributed by atoms with E-state index < -0.39 is 0 Å². The van der Waals surface area contributed by atoms with Gasteiger partial charge in [0.1, 0.15) is 12.4 Å². The minimum atomic E-state index is -0.350. The maximum absolute atomic E-state index is 12.7. The van der Waals surface area contributed by atoms with Gasteiger partial charge in [-0.05, 0) is 38.1 Å². The lowest BCUT2D eigenvalue weighted by Crippen LogP contribution is -2.17. The fourth-order valence-electron chi connectivity index (χ4n) is 1.63. The molecule has 0 aromatic heterocycles. The summed E-state index contributed by atoms with van der Waals surface area (Å²) in [5.41, 5.74) is 0.223. The Balaban J connectivity index is 2.05. The molecule has 0 N–H and O–H groups in total. The summed E-state index contributed by atoms with van der Waals surface area (Å²) in [6.07, 6.45) is 0.134. The number of ketones is 1. The molecule has 0 radical (unpaired) electrons. The first-order chi connectivity index (χ1) is 7.96. The first kappa shape index (κ1) is 11.8. The molecule has 0 saturated carbocycles. The number of ether oxygens (including phenoxy) is 1. The highest BCUT2D eigenvalue weighted by molar-refractivity contribution is 6.07. The van der Waals surface area contributed by atoms with Crippen molar-refractivity contribution in [3.8, 4) is 0 Å². The second kappa shape index (κ2) is 4.28. The molecule has 0 unspecified atom stereocenters. The molecule has 1 aliphatic rings. The average Bonchev–Trinajstić information content (AvgIpc) is 2.59. The van der Waals surface area contributed by atoms with Crippen LogP contribution in [0.25, 0.3) is 0 Å². The molecule has 0 bridgehead atoms. The average molecular weight is 235 g/mol. The smallest absolute Gasteiger partial charge is 0.191 e. The zero-order valence-electron chi connectivity index (χ0n) is 9.87. The van der Waals surface area contributed by atoms with Gasteiger partial charge in [0.2, 0.25) is 0 Å². The van der Waals surface area contributed by atoms with Gasteiger partial charge in [0, 0.05) is 5.56 Å². The van der Waals surface area contributed by atoms with E-state index in [0.29, 0.717) is 18.1 Å². The molecule has 0 aliphatic carbocycles. The number of Topliss-reactive ketones (excluding diaryl/α,β-unsaturated/α-hetero) is 1. The standard InChI is InChI=1S/C13H14FNO2/c1-13(2)8-17-12(15-13)7-11(16)9-3-5-10(14)6-4-9/h3-6H,7-8H2,1-2H3. The number of nitrogens with zero attached hydrogens (tertiary/aromatic N) is 1. The summed E-state index contributed by atoms with van der Waals surface area (Å²) in [6.45, 7) is 4.39. The molecule has 0 amide bonds. The van der Waals surface area contributed by atoms with Gasteiger partial charge < -0.3 is 4.74 Å². The summed E-state index contributed by atoms with van der Waals surface area (Å²) in [7, 11) is 0. The monoisotopic (exact) mass is 235 g/mol. The van der Waals surface area contributed by atoms with Crippen LogP contribution < -0.4 is 0 Å². The molecule has 1 aromatic rings. The topological polar surface area (TPSA) is 38.7 Å².